The Bertz CT molecular complexity index is 546. The number of nitrogens with one attached hydrogen (secondary N) is 1. The Labute approximate surface area is 110 Å². The molecule has 18 heavy (non-hydrogen) atoms. The van der Waals surface area contributed by atoms with Gasteiger partial charge < -0.3 is 5.32 Å². The van der Waals surface area contributed by atoms with Crippen LogP contribution in [0, 0.1) is 11.6 Å². The van der Waals surface area contributed by atoms with Crippen molar-refractivity contribution in [2.75, 3.05) is 11.1 Å². The molecule has 0 aliphatic carbocycles. The largest absolute Gasteiger partial charge is 0.325 e. The van der Waals surface area contributed by atoms with Crippen LogP contribution in [0.2, 0.25) is 0 Å². The van der Waals surface area contributed by atoms with E-state index in [1.807, 2.05) is 5.38 Å². The molecule has 1 aromatic heterocycles. The number of anilines is 1. The Balaban J connectivity index is 1.88. The van der Waals surface area contributed by atoms with Gasteiger partial charge in [0.15, 0.2) is 11.6 Å². The Morgan fingerprint density at radius 2 is 2.22 bits per heavy atom. The molecule has 94 valence electrons. The first-order chi connectivity index (χ1) is 8.65. The van der Waals surface area contributed by atoms with E-state index < -0.39 is 11.6 Å². The van der Waals surface area contributed by atoms with Crippen LogP contribution in [-0.2, 0) is 4.79 Å². The van der Waals surface area contributed by atoms with Crippen molar-refractivity contribution in [2.45, 2.75) is 4.34 Å². The molecule has 0 aliphatic rings. The van der Waals surface area contributed by atoms with Gasteiger partial charge in [-0.05, 0) is 12.1 Å². The van der Waals surface area contributed by atoms with Crippen LogP contribution in [0.15, 0.2) is 34.1 Å². The van der Waals surface area contributed by atoms with Crippen molar-refractivity contribution in [1.29, 1.82) is 0 Å². The van der Waals surface area contributed by atoms with Gasteiger partial charge in [-0.1, -0.05) is 11.8 Å². The topological polar surface area (TPSA) is 42.0 Å². The second-order valence-electron chi connectivity index (χ2n) is 3.26. The Morgan fingerprint density at radius 3 is 2.89 bits per heavy atom. The third-order valence-electron chi connectivity index (χ3n) is 1.94. The van der Waals surface area contributed by atoms with Crippen LogP contribution >= 0.6 is 23.1 Å². The summed E-state index contributed by atoms with van der Waals surface area (Å²) in [6.07, 6.45) is 1.65. The summed E-state index contributed by atoms with van der Waals surface area (Å²) in [5.74, 6) is -2.04. The lowest BCUT2D eigenvalue weighted by molar-refractivity contribution is -0.113. The SMILES string of the molecule is O=C(CSc1nccs1)Nc1ccc(F)c(F)c1. The number of thioether (sulfide) groups is 1. The maximum atomic E-state index is 12.9. The molecule has 0 aliphatic heterocycles. The summed E-state index contributed by atoms with van der Waals surface area (Å²) in [6.45, 7) is 0. The van der Waals surface area contributed by atoms with E-state index in [-0.39, 0.29) is 17.3 Å². The minimum Gasteiger partial charge on any atom is -0.325 e. The summed E-state index contributed by atoms with van der Waals surface area (Å²) in [4.78, 5) is 15.5. The van der Waals surface area contributed by atoms with E-state index in [1.165, 1.54) is 29.2 Å². The number of rotatable bonds is 4. The quantitative estimate of drug-likeness (QED) is 0.878. The Hall–Kier alpha value is -1.47. The molecule has 1 aromatic carbocycles. The van der Waals surface area contributed by atoms with Gasteiger partial charge in [0.05, 0.1) is 5.75 Å². The van der Waals surface area contributed by atoms with Crippen LogP contribution in [0.25, 0.3) is 0 Å². The summed E-state index contributed by atoms with van der Waals surface area (Å²) in [7, 11) is 0. The van der Waals surface area contributed by atoms with Crippen molar-refractivity contribution in [3.8, 4) is 0 Å². The number of carbonyl (C=O) groups excluding carboxylic acids is 1. The fraction of sp³-hybridized carbons (Fsp3) is 0.0909. The summed E-state index contributed by atoms with van der Waals surface area (Å²) in [5.41, 5.74) is 0.235. The lowest BCUT2D eigenvalue weighted by Gasteiger charge is -2.04. The maximum absolute atomic E-state index is 12.9. The number of hydrogen-bond acceptors (Lipinski definition) is 4. The molecule has 2 aromatic rings. The molecule has 0 atom stereocenters. The van der Waals surface area contributed by atoms with Gasteiger partial charge in [0.25, 0.3) is 0 Å². The standard InChI is InChI=1S/C11H8F2N2OS2/c12-8-2-1-7(5-9(8)13)15-10(16)6-18-11-14-3-4-17-11/h1-5H,6H2,(H,15,16). The average Bonchev–Trinajstić information content (AvgIpc) is 2.84. The van der Waals surface area contributed by atoms with Gasteiger partial charge >= 0.3 is 0 Å². The number of halogens is 2. The highest BCUT2D eigenvalue weighted by Gasteiger charge is 2.07. The van der Waals surface area contributed by atoms with Crippen LogP contribution in [0.1, 0.15) is 0 Å². The lowest BCUT2D eigenvalue weighted by Crippen LogP contribution is -2.14. The van der Waals surface area contributed by atoms with Crippen molar-refractivity contribution < 1.29 is 13.6 Å². The summed E-state index contributed by atoms with van der Waals surface area (Å²) >= 11 is 2.73. The van der Waals surface area contributed by atoms with Gasteiger partial charge in [-0.2, -0.15) is 0 Å². The van der Waals surface area contributed by atoms with E-state index in [9.17, 15) is 13.6 Å². The molecule has 0 spiro atoms. The van der Waals surface area contributed by atoms with E-state index in [1.54, 1.807) is 6.20 Å². The number of hydrogen-bond donors (Lipinski definition) is 1. The Morgan fingerprint density at radius 1 is 1.39 bits per heavy atom. The first-order valence-corrected chi connectivity index (χ1v) is 6.79. The van der Waals surface area contributed by atoms with Gasteiger partial charge in [-0.25, -0.2) is 13.8 Å². The molecule has 1 N–H and O–H groups in total. The molecule has 0 saturated heterocycles. The second-order valence-corrected chi connectivity index (χ2v) is 5.38. The number of nitrogens with zero attached hydrogens (tertiary/aromatic N) is 1. The molecule has 1 heterocycles. The predicted octanol–water partition coefficient (Wildman–Crippen LogP) is 3.15. The van der Waals surface area contributed by atoms with Crippen molar-refractivity contribution in [2.24, 2.45) is 0 Å². The zero-order valence-electron chi connectivity index (χ0n) is 9.02. The fourth-order valence-electron chi connectivity index (χ4n) is 1.18. The minimum absolute atomic E-state index is 0.173. The molecule has 0 unspecified atom stereocenters. The zero-order chi connectivity index (χ0) is 13.0. The number of thiazole rings is 1. The van der Waals surface area contributed by atoms with Crippen LogP contribution < -0.4 is 5.32 Å². The van der Waals surface area contributed by atoms with E-state index in [2.05, 4.69) is 10.3 Å². The predicted molar refractivity (Wildman–Crippen MR) is 67.8 cm³/mol. The zero-order valence-corrected chi connectivity index (χ0v) is 10.7. The van der Waals surface area contributed by atoms with Crippen molar-refractivity contribution in [3.63, 3.8) is 0 Å². The first kappa shape index (κ1) is 13.0. The summed E-state index contributed by atoms with van der Waals surface area (Å²) < 4.78 is 26.4. The summed E-state index contributed by atoms with van der Waals surface area (Å²) in [5, 5.41) is 4.30. The molecule has 0 fully saturated rings. The molecule has 1 amide bonds. The molecular weight excluding hydrogens is 278 g/mol. The molecule has 3 nitrogen and oxygen atoms in total. The third-order valence-corrected chi connectivity index (χ3v) is 3.91. The van der Waals surface area contributed by atoms with Gasteiger partial charge in [-0.15, -0.1) is 11.3 Å². The van der Waals surface area contributed by atoms with E-state index in [4.69, 9.17) is 0 Å². The normalized spacial score (nSPS) is 10.3. The van der Waals surface area contributed by atoms with Crippen LogP contribution in [-0.4, -0.2) is 16.6 Å². The first-order valence-electron chi connectivity index (χ1n) is 4.92. The van der Waals surface area contributed by atoms with Gasteiger partial charge in [0.2, 0.25) is 5.91 Å². The maximum Gasteiger partial charge on any atom is 0.234 e. The number of benzene rings is 1. The summed E-state index contributed by atoms with van der Waals surface area (Å²) in [6, 6.07) is 3.23. The smallest absolute Gasteiger partial charge is 0.234 e. The van der Waals surface area contributed by atoms with E-state index in [0.29, 0.717) is 0 Å². The van der Waals surface area contributed by atoms with Crippen LogP contribution in [0.3, 0.4) is 0 Å². The molecule has 2 rings (SSSR count). The molecule has 7 heteroatoms. The highest BCUT2D eigenvalue weighted by atomic mass is 32.2. The number of amides is 1. The van der Waals surface area contributed by atoms with E-state index >= 15 is 0 Å². The van der Waals surface area contributed by atoms with Gasteiger partial charge in [0, 0.05) is 23.3 Å². The fourth-order valence-corrected chi connectivity index (χ4v) is 2.62. The van der Waals surface area contributed by atoms with Crippen LogP contribution in [0.5, 0.6) is 0 Å². The monoisotopic (exact) mass is 286 g/mol. The molecular formula is C11H8F2N2OS2. The van der Waals surface area contributed by atoms with Crippen molar-refractivity contribution in [3.05, 3.63) is 41.4 Å². The second kappa shape index (κ2) is 5.92. The molecule has 0 radical (unpaired) electrons. The Kier molecular flexibility index (Phi) is 4.27. The van der Waals surface area contributed by atoms with Gasteiger partial charge in [0.1, 0.15) is 4.34 Å². The third kappa shape index (κ3) is 3.51. The van der Waals surface area contributed by atoms with Crippen molar-refractivity contribution >= 4 is 34.7 Å². The minimum atomic E-state index is -0.986. The average molecular weight is 286 g/mol. The molecule has 0 saturated carbocycles. The van der Waals surface area contributed by atoms with Gasteiger partial charge in [-0.3, -0.25) is 4.79 Å². The lowest BCUT2D eigenvalue weighted by atomic mass is 10.3. The van der Waals surface area contributed by atoms with Crippen molar-refractivity contribution in [1.82, 2.24) is 4.98 Å². The van der Waals surface area contributed by atoms with Crippen LogP contribution in [0.4, 0.5) is 14.5 Å². The van der Waals surface area contributed by atoms with E-state index in [0.717, 1.165) is 16.5 Å². The molecule has 0 bridgehead atoms. The number of aromatic nitrogens is 1. The highest BCUT2D eigenvalue weighted by molar-refractivity contribution is 8.01. The highest BCUT2D eigenvalue weighted by Crippen LogP contribution is 2.20. The number of carbonyl (C=O) groups is 1.